The van der Waals surface area contributed by atoms with Gasteiger partial charge >= 0.3 is 0 Å². The van der Waals surface area contributed by atoms with Crippen LogP contribution < -0.4 is 10.1 Å². The van der Waals surface area contributed by atoms with Gasteiger partial charge in [0.25, 0.3) is 0 Å². The topological polar surface area (TPSA) is 122 Å². The molecular weight excluding hydrogens is 470 g/mol. The minimum Gasteiger partial charge on any atom is -0.495 e. The van der Waals surface area contributed by atoms with Gasteiger partial charge in [-0.3, -0.25) is 4.79 Å². The molecule has 10 nitrogen and oxygen atoms in total. The quantitative estimate of drug-likeness (QED) is 0.583. The minimum atomic E-state index is -3.88. The molecule has 0 spiro atoms. The van der Waals surface area contributed by atoms with Gasteiger partial charge in [-0.25, -0.2) is 16.8 Å². The molecule has 1 amide bonds. The standard InChI is InChI=1S/C21H27N3O7S2/c1-16-4-7-18(8-5-16)32(26,27)23(2)15-21(25)22-17-6-9-19(30-3)20(14-17)33(28,29)24-10-12-31-13-11-24/h4-9,14H,10-13,15H2,1-3H3,(H,22,25). The number of carbonyl (C=O) groups excluding carboxylic acids is 1. The summed E-state index contributed by atoms with van der Waals surface area (Å²) in [5, 5.41) is 2.56. The summed E-state index contributed by atoms with van der Waals surface area (Å²) in [7, 11) is -5.08. The third-order valence-corrected chi connectivity index (χ3v) is 8.87. The number of nitrogens with zero attached hydrogens (tertiary/aromatic N) is 2. The fourth-order valence-corrected chi connectivity index (χ4v) is 5.98. The highest BCUT2D eigenvalue weighted by Crippen LogP contribution is 2.30. The van der Waals surface area contributed by atoms with Crippen molar-refractivity contribution in [2.75, 3.05) is 52.3 Å². The summed E-state index contributed by atoms with van der Waals surface area (Å²) >= 11 is 0. The summed E-state index contributed by atoms with van der Waals surface area (Å²) in [6.07, 6.45) is 0. The Balaban J connectivity index is 1.77. The summed E-state index contributed by atoms with van der Waals surface area (Å²) in [5.74, 6) is -0.480. The summed E-state index contributed by atoms with van der Waals surface area (Å²) in [5.41, 5.74) is 1.12. The van der Waals surface area contributed by atoms with Crippen molar-refractivity contribution in [2.45, 2.75) is 16.7 Å². The van der Waals surface area contributed by atoms with Crippen LogP contribution in [0, 0.1) is 6.92 Å². The summed E-state index contributed by atoms with van der Waals surface area (Å²) in [4.78, 5) is 12.5. The van der Waals surface area contributed by atoms with Crippen LogP contribution in [0.1, 0.15) is 5.56 Å². The number of anilines is 1. The number of carbonyl (C=O) groups is 1. The molecule has 1 fully saturated rings. The smallest absolute Gasteiger partial charge is 0.246 e. The second-order valence-electron chi connectivity index (χ2n) is 7.50. The Morgan fingerprint density at radius 3 is 2.33 bits per heavy atom. The lowest BCUT2D eigenvalue weighted by Gasteiger charge is -2.27. The van der Waals surface area contributed by atoms with E-state index in [0.717, 1.165) is 9.87 Å². The molecule has 33 heavy (non-hydrogen) atoms. The number of rotatable bonds is 8. The van der Waals surface area contributed by atoms with Gasteiger partial charge in [0, 0.05) is 25.8 Å². The molecule has 12 heteroatoms. The van der Waals surface area contributed by atoms with Gasteiger partial charge in [-0.1, -0.05) is 17.7 Å². The van der Waals surface area contributed by atoms with Crippen LogP contribution in [0.25, 0.3) is 0 Å². The Labute approximate surface area is 194 Å². The van der Waals surface area contributed by atoms with E-state index in [9.17, 15) is 21.6 Å². The van der Waals surface area contributed by atoms with Crippen LogP contribution in [0.3, 0.4) is 0 Å². The van der Waals surface area contributed by atoms with Crippen molar-refractivity contribution in [3.05, 3.63) is 48.0 Å². The van der Waals surface area contributed by atoms with E-state index in [1.807, 2.05) is 6.92 Å². The first-order valence-electron chi connectivity index (χ1n) is 10.1. The lowest BCUT2D eigenvalue weighted by atomic mass is 10.2. The summed E-state index contributed by atoms with van der Waals surface area (Å²) in [6, 6.07) is 10.5. The third kappa shape index (κ3) is 5.71. The Morgan fingerprint density at radius 2 is 1.73 bits per heavy atom. The number of sulfonamides is 2. The molecule has 2 aromatic carbocycles. The first kappa shape index (κ1) is 25.1. The zero-order valence-electron chi connectivity index (χ0n) is 18.6. The fourth-order valence-electron chi connectivity index (χ4n) is 3.26. The number of hydrogen-bond acceptors (Lipinski definition) is 7. The van der Waals surface area contributed by atoms with Crippen molar-refractivity contribution in [3.8, 4) is 5.75 Å². The van der Waals surface area contributed by atoms with Crippen LogP contribution >= 0.6 is 0 Å². The zero-order chi connectivity index (χ0) is 24.2. The molecule has 1 aliphatic heterocycles. The van der Waals surface area contributed by atoms with Crippen LogP contribution in [-0.2, 0) is 29.6 Å². The van der Waals surface area contributed by atoms with Gasteiger partial charge in [-0.15, -0.1) is 0 Å². The van der Waals surface area contributed by atoms with Crippen molar-refractivity contribution >= 4 is 31.6 Å². The Kier molecular flexibility index (Phi) is 7.75. The second-order valence-corrected chi connectivity index (χ2v) is 11.5. The van der Waals surface area contributed by atoms with Crippen molar-refractivity contribution in [2.24, 2.45) is 0 Å². The molecule has 0 saturated carbocycles. The fraction of sp³-hybridized carbons (Fsp3) is 0.381. The van der Waals surface area contributed by atoms with Gasteiger partial charge in [0.1, 0.15) is 10.6 Å². The normalized spacial score (nSPS) is 15.4. The van der Waals surface area contributed by atoms with Crippen LogP contribution in [0.4, 0.5) is 5.69 Å². The van der Waals surface area contributed by atoms with E-state index in [0.29, 0.717) is 13.2 Å². The average molecular weight is 498 g/mol. The van der Waals surface area contributed by atoms with E-state index in [1.54, 1.807) is 12.1 Å². The van der Waals surface area contributed by atoms with Crippen molar-refractivity contribution in [1.82, 2.24) is 8.61 Å². The number of benzene rings is 2. The van der Waals surface area contributed by atoms with Crippen LogP contribution in [-0.4, -0.2) is 78.4 Å². The van der Waals surface area contributed by atoms with Crippen molar-refractivity contribution in [1.29, 1.82) is 0 Å². The Bertz CT molecular complexity index is 1210. The van der Waals surface area contributed by atoms with Gasteiger partial charge in [0.2, 0.25) is 26.0 Å². The number of hydrogen-bond donors (Lipinski definition) is 1. The molecule has 1 aliphatic rings. The molecular formula is C21H27N3O7S2. The summed E-state index contributed by atoms with van der Waals surface area (Å²) < 4.78 is 64.2. The van der Waals surface area contributed by atoms with E-state index in [-0.39, 0.29) is 34.3 Å². The molecule has 0 atom stereocenters. The maximum absolute atomic E-state index is 13.1. The predicted molar refractivity (Wildman–Crippen MR) is 122 cm³/mol. The monoisotopic (exact) mass is 497 g/mol. The van der Waals surface area contributed by atoms with E-state index >= 15 is 0 Å². The van der Waals surface area contributed by atoms with Crippen LogP contribution in [0.15, 0.2) is 52.3 Å². The van der Waals surface area contributed by atoms with Crippen LogP contribution in [0.5, 0.6) is 5.75 Å². The molecule has 2 aromatic rings. The Hall–Kier alpha value is -2.51. The van der Waals surface area contributed by atoms with Crippen molar-refractivity contribution < 1.29 is 31.1 Å². The molecule has 0 unspecified atom stereocenters. The largest absolute Gasteiger partial charge is 0.495 e. The molecule has 180 valence electrons. The number of nitrogens with one attached hydrogen (secondary N) is 1. The predicted octanol–water partition coefficient (Wildman–Crippen LogP) is 1.28. The third-order valence-electron chi connectivity index (χ3n) is 5.13. The maximum atomic E-state index is 13.1. The second kappa shape index (κ2) is 10.2. The van der Waals surface area contributed by atoms with Crippen molar-refractivity contribution in [3.63, 3.8) is 0 Å². The first-order chi connectivity index (χ1) is 15.6. The van der Waals surface area contributed by atoms with Gasteiger partial charge in [0.05, 0.1) is 31.8 Å². The van der Waals surface area contributed by atoms with Gasteiger partial charge in [-0.05, 0) is 37.3 Å². The maximum Gasteiger partial charge on any atom is 0.246 e. The number of methoxy groups -OCH3 is 1. The molecule has 3 rings (SSSR count). The number of aryl methyl sites for hydroxylation is 1. The first-order valence-corrected chi connectivity index (χ1v) is 13.0. The number of ether oxygens (including phenoxy) is 2. The van der Waals surface area contributed by atoms with E-state index in [2.05, 4.69) is 5.32 Å². The summed E-state index contributed by atoms with van der Waals surface area (Å²) in [6.45, 7) is 2.40. The van der Waals surface area contributed by atoms with Gasteiger partial charge in [0.15, 0.2) is 0 Å². The van der Waals surface area contributed by atoms with Gasteiger partial charge < -0.3 is 14.8 Å². The molecule has 1 N–H and O–H groups in total. The number of morpholine rings is 1. The lowest BCUT2D eigenvalue weighted by Crippen LogP contribution is -2.40. The average Bonchev–Trinajstić information content (AvgIpc) is 2.79. The molecule has 0 radical (unpaired) electrons. The highest BCUT2D eigenvalue weighted by atomic mass is 32.2. The molecule has 0 bridgehead atoms. The highest BCUT2D eigenvalue weighted by Gasteiger charge is 2.30. The van der Waals surface area contributed by atoms with Gasteiger partial charge in [-0.2, -0.15) is 8.61 Å². The molecule has 0 aromatic heterocycles. The minimum absolute atomic E-state index is 0.0757. The number of amides is 1. The lowest BCUT2D eigenvalue weighted by molar-refractivity contribution is -0.116. The number of likely N-dealkylation sites (N-methyl/N-ethyl adjacent to an activating group) is 1. The SMILES string of the molecule is COc1ccc(NC(=O)CN(C)S(=O)(=O)c2ccc(C)cc2)cc1S(=O)(=O)N1CCOCC1. The van der Waals surface area contributed by atoms with E-state index < -0.39 is 32.5 Å². The Morgan fingerprint density at radius 1 is 1.09 bits per heavy atom. The highest BCUT2D eigenvalue weighted by molar-refractivity contribution is 7.89. The van der Waals surface area contributed by atoms with Crippen LogP contribution in [0.2, 0.25) is 0 Å². The van der Waals surface area contributed by atoms with E-state index in [1.165, 1.54) is 48.8 Å². The zero-order valence-corrected chi connectivity index (χ0v) is 20.3. The molecule has 0 aliphatic carbocycles. The molecule has 1 saturated heterocycles. The molecule has 1 heterocycles. The van der Waals surface area contributed by atoms with E-state index in [4.69, 9.17) is 9.47 Å².